The van der Waals surface area contributed by atoms with Gasteiger partial charge in [0.05, 0.1) is 6.57 Å². The fourth-order valence-electron chi connectivity index (χ4n) is 6.00. The molecule has 7 heteroatoms. The zero-order chi connectivity index (χ0) is 29.8. The number of benzene rings is 1. The van der Waals surface area contributed by atoms with E-state index in [1.54, 1.807) is 0 Å². The van der Waals surface area contributed by atoms with Crippen LogP contribution >= 0.6 is 11.6 Å². The minimum atomic E-state index is -0.938. The SMILES string of the molecule is [C-]#[N+]C([N+]#[C-])=C1OC(C)(CCCO)C(/C=C/C2=C(Cl)C(=C/C=C3\N(CC)c4ccccc4C3(C)C)/CCC2)=C1[N+]#[C-]. The van der Waals surface area contributed by atoms with Crippen molar-refractivity contribution < 1.29 is 9.84 Å². The summed E-state index contributed by atoms with van der Waals surface area (Å²) in [5.41, 5.74) is 5.55. The molecule has 0 saturated heterocycles. The van der Waals surface area contributed by atoms with Gasteiger partial charge in [-0.2, -0.15) is 9.69 Å². The first kappa shape index (κ1) is 30.0. The number of allylic oxidation sites excluding steroid dienone is 7. The summed E-state index contributed by atoms with van der Waals surface area (Å²) in [4.78, 5) is 12.6. The molecule has 1 N–H and O–H groups in total. The molecule has 2 aliphatic heterocycles. The molecule has 1 atom stereocenters. The second kappa shape index (κ2) is 12.2. The molecule has 0 amide bonds. The van der Waals surface area contributed by atoms with Gasteiger partial charge in [0.1, 0.15) is 18.7 Å². The van der Waals surface area contributed by atoms with Crippen molar-refractivity contribution in [3.05, 3.63) is 133 Å². The second-order valence-corrected chi connectivity index (χ2v) is 11.4. The number of aliphatic hydroxyl groups excluding tert-OH is 1. The number of para-hydroxylation sites is 1. The number of halogens is 1. The maximum atomic E-state index is 9.46. The Morgan fingerprint density at radius 1 is 1.10 bits per heavy atom. The molecule has 1 aliphatic carbocycles. The monoisotopic (exact) mass is 566 g/mol. The molecular weight excluding hydrogens is 532 g/mol. The van der Waals surface area contributed by atoms with E-state index >= 15 is 0 Å². The Balaban J connectivity index is 1.73. The van der Waals surface area contributed by atoms with Crippen LogP contribution in [0.4, 0.5) is 5.69 Å². The van der Waals surface area contributed by atoms with Crippen molar-refractivity contribution in [2.24, 2.45) is 0 Å². The van der Waals surface area contributed by atoms with Crippen LogP contribution < -0.4 is 4.90 Å². The predicted molar refractivity (Wildman–Crippen MR) is 164 cm³/mol. The summed E-state index contributed by atoms with van der Waals surface area (Å²) in [6.45, 7) is 31.9. The fraction of sp³-hybridized carbons (Fsp3) is 0.382. The number of aliphatic hydroxyl groups is 1. The van der Waals surface area contributed by atoms with Gasteiger partial charge >= 0.3 is 5.82 Å². The quantitative estimate of drug-likeness (QED) is 0.336. The van der Waals surface area contributed by atoms with Gasteiger partial charge in [-0.05, 0) is 74.8 Å². The zero-order valence-electron chi connectivity index (χ0n) is 24.1. The van der Waals surface area contributed by atoms with Crippen molar-refractivity contribution in [1.82, 2.24) is 0 Å². The summed E-state index contributed by atoms with van der Waals surface area (Å²) in [5, 5.41) is 10.2. The van der Waals surface area contributed by atoms with Gasteiger partial charge in [0.15, 0.2) is 0 Å². The van der Waals surface area contributed by atoms with Crippen LogP contribution in [0.1, 0.15) is 65.4 Å². The van der Waals surface area contributed by atoms with Gasteiger partial charge in [-0.15, -0.1) is 0 Å². The van der Waals surface area contributed by atoms with Crippen molar-refractivity contribution in [3.63, 3.8) is 0 Å². The summed E-state index contributed by atoms with van der Waals surface area (Å²) in [5.74, 6) is -0.248. The fourth-order valence-corrected chi connectivity index (χ4v) is 6.32. The highest BCUT2D eigenvalue weighted by atomic mass is 35.5. The molecule has 0 spiro atoms. The third kappa shape index (κ3) is 5.49. The molecule has 1 unspecified atom stereocenters. The highest BCUT2D eigenvalue weighted by Crippen LogP contribution is 2.48. The molecule has 1 aromatic carbocycles. The molecule has 210 valence electrons. The summed E-state index contributed by atoms with van der Waals surface area (Å²) in [7, 11) is 0. The van der Waals surface area contributed by atoms with E-state index in [0.29, 0.717) is 23.4 Å². The molecule has 1 aromatic rings. The largest absolute Gasteiger partial charge is 0.550 e. The maximum Gasteiger partial charge on any atom is 0.550 e. The lowest BCUT2D eigenvalue weighted by Crippen LogP contribution is -2.26. The third-order valence-electron chi connectivity index (χ3n) is 8.17. The van der Waals surface area contributed by atoms with E-state index in [9.17, 15) is 5.11 Å². The van der Waals surface area contributed by atoms with Gasteiger partial charge in [-0.1, -0.05) is 61.9 Å². The van der Waals surface area contributed by atoms with Crippen LogP contribution in [0.3, 0.4) is 0 Å². The number of rotatable bonds is 7. The summed E-state index contributed by atoms with van der Waals surface area (Å²) in [6.07, 6.45) is 11.7. The molecule has 3 aliphatic rings. The molecule has 0 radical (unpaired) electrons. The third-order valence-corrected chi connectivity index (χ3v) is 8.66. The predicted octanol–water partition coefficient (Wildman–Crippen LogP) is 8.59. The number of ether oxygens (including phenoxy) is 1. The number of hydrogen-bond donors (Lipinski definition) is 1. The topological polar surface area (TPSA) is 45.8 Å². The van der Waals surface area contributed by atoms with Crippen LogP contribution in [0.25, 0.3) is 14.5 Å². The van der Waals surface area contributed by atoms with E-state index in [-0.39, 0.29) is 29.3 Å². The van der Waals surface area contributed by atoms with Crippen LogP contribution in [0.15, 0.2) is 93.3 Å². The number of hydrogen-bond acceptors (Lipinski definition) is 3. The van der Waals surface area contributed by atoms with Gasteiger partial charge < -0.3 is 14.7 Å². The summed E-state index contributed by atoms with van der Waals surface area (Å²) < 4.78 is 6.09. The van der Waals surface area contributed by atoms with E-state index in [1.165, 1.54) is 16.9 Å². The molecule has 4 rings (SSSR count). The number of anilines is 1. The molecule has 0 saturated carbocycles. The molecule has 0 bridgehead atoms. The van der Waals surface area contributed by atoms with Gasteiger partial charge in [-0.3, -0.25) is 0 Å². The molecule has 6 nitrogen and oxygen atoms in total. The Morgan fingerprint density at radius 3 is 2.49 bits per heavy atom. The lowest BCUT2D eigenvalue weighted by Gasteiger charge is -2.27. The van der Waals surface area contributed by atoms with Crippen molar-refractivity contribution in [3.8, 4) is 0 Å². The first-order chi connectivity index (χ1) is 19.7. The zero-order valence-corrected chi connectivity index (χ0v) is 24.8. The molecule has 41 heavy (non-hydrogen) atoms. The Morgan fingerprint density at radius 2 is 1.83 bits per heavy atom. The van der Waals surface area contributed by atoms with Crippen LogP contribution in [0.5, 0.6) is 0 Å². The lowest BCUT2D eigenvalue weighted by atomic mass is 9.83. The highest BCUT2D eigenvalue weighted by Gasteiger charge is 2.44. The molecule has 2 heterocycles. The first-order valence-electron chi connectivity index (χ1n) is 13.9. The molecular formula is C34H35ClN4O2. The van der Waals surface area contributed by atoms with E-state index in [0.717, 1.165) is 37.0 Å². The smallest absolute Gasteiger partial charge is 0.499 e. The molecule has 0 aromatic heterocycles. The average molecular weight is 567 g/mol. The number of fused-ring (bicyclic) bond motifs is 1. The second-order valence-electron chi connectivity index (χ2n) is 11.1. The minimum Gasteiger partial charge on any atom is -0.499 e. The normalized spacial score (nSPS) is 23.6. The van der Waals surface area contributed by atoms with E-state index < -0.39 is 5.60 Å². The lowest BCUT2D eigenvalue weighted by molar-refractivity contribution is 0.0615. The van der Waals surface area contributed by atoms with E-state index in [2.05, 4.69) is 76.6 Å². The van der Waals surface area contributed by atoms with Crippen LogP contribution in [-0.4, -0.2) is 23.9 Å². The van der Waals surface area contributed by atoms with Crippen LogP contribution in [-0.2, 0) is 10.2 Å². The number of nitrogens with zero attached hydrogens (tertiary/aromatic N) is 4. The minimum absolute atomic E-state index is 0.0154. The Hall–Kier alpha value is -4.02. The van der Waals surface area contributed by atoms with E-state index in [4.69, 9.17) is 36.1 Å². The van der Waals surface area contributed by atoms with Crippen molar-refractivity contribution in [2.75, 3.05) is 18.1 Å². The Kier molecular flexibility index (Phi) is 8.94. The standard InChI is InChI=1S/C34H35ClN4O2/c1-8-39-27-16-10-9-15-25(27)33(2,3)28(39)20-18-24-14-11-13-23(29(24)35)17-19-26-30(36-5)31(32(37-6)38-7)41-34(26,4)21-12-22-40/h9-10,15-20,40H,8,11-14,21-22H2,1-4H3/b19-17+,24-18+,28-20-. The Bertz CT molecular complexity index is 1540. The van der Waals surface area contributed by atoms with Gasteiger partial charge in [0, 0.05) is 40.6 Å². The summed E-state index contributed by atoms with van der Waals surface area (Å²) >= 11 is 6.99. The van der Waals surface area contributed by atoms with Crippen molar-refractivity contribution in [2.45, 2.75) is 70.8 Å². The van der Waals surface area contributed by atoms with Gasteiger partial charge in [-0.25, -0.2) is 4.85 Å². The first-order valence-corrected chi connectivity index (χ1v) is 14.3. The van der Waals surface area contributed by atoms with Crippen molar-refractivity contribution >= 4 is 17.3 Å². The Labute approximate surface area is 248 Å². The van der Waals surface area contributed by atoms with Gasteiger partial charge in [0.2, 0.25) is 11.5 Å². The highest BCUT2D eigenvalue weighted by molar-refractivity contribution is 6.32. The van der Waals surface area contributed by atoms with Gasteiger partial charge in [0.25, 0.3) is 0 Å². The van der Waals surface area contributed by atoms with E-state index in [1.807, 2.05) is 19.1 Å². The molecule has 0 fully saturated rings. The average Bonchev–Trinajstić information content (AvgIpc) is 3.37. The van der Waals surface area contributed by atoms with Crippen molar-refractivity contribution in [1.29, 1.82) is 0 Å². The van der Waals surface area contributed by atoms with Crippen LogP contribution in [0, 0.1) is 19.7 Å². The maximum absolute atomic E-state index is 9.46. The van der Waals surface area contributed by atoms with Crippen LogP contribution in [0.2, 0.25) is 0 Å². The summed E-state index contributed by atoms with van der Waals surface area (Å²) in [6, 6.07) is 8.56. The number of likely N-dealkylation sites (N-methyl/N-ethyl adjacent to an activating group) is 1.